The van der Waals surface area contributed by atoms with Gasteiger partial charge < -0.3 is 5.73 Å². The second-order valence-electron chi connectivity index (χ2n) is 4.28. The van der Waals surface area contributed by atoms with Crippen molar-refractivity contribution in [1.82, 2.24) is 15.0 Å². The predicted octanol–water partition coefficient (Wildman–Crippen LogP) is 2.37. The maximum atomic E-state index is 5.47. The fourth-order valence-electron chi connectivity index (χ4n) is 1.76. The summed E-state index contributed by atoms with van der Waals surface area (Å²) in [5, 5.41) is 8.30. The summed E-state index contributed by atoms with van der Waals surface area (Å²) < 4.78 is 2.97. The molecule has 0 aliphatic heterocycles. The lowest BCUT2D eigenvalue weighted by molar-refractivity contribution is 0.648. The van der Waals surface area contributed by atoms with Crippen LogP contribution in [-0.4, -0.2) is 21.5 Å². The molecule has 0 fully saturated rings. The van der Waals surface area contributed by atoms with Gasteiger partial charge in [0.05, 0.1) is 12.2 Å². The van der Waals surface area contributed by atoms with E-state index in [2.05, 4.69) is 38.4 Å². The van der Waals surface area contributed by atoms with Gasteiger partial charge in [0, 0.05) is 10.7 Å². The van der Waals surface area contributed by atoms with Crippen molar-refractivity contribution in [3.8, 4) is 0 Å². The van der Waals surface area contributed by atoms with Crippen molar-refractivity contribution in [2.45, 2.75) is 25.8 Å². The molecular formula is C13H17BrN4. The molecule has 0 aliphatic carbocycles. The first-order valence-corrected chi connectivity index (χ1v) is 6.91. The number of hydrogen-bond donors (Lipinski definition) is 1. The first kappa shape index (κ1) is 13.2. The largest absolute Gasteiger partial charge is 0.330 e. The zero-order chi connectivity index (χ0) is 12.8. The molecule has 0 spiro atoms. The molecule has 0 aliphatic rings. The zero-order valence-electron chi connectivity index (χ0n) is 10.2. The Kier molecular flexibility index (Phi) is 4.90. The van der Waals surface area contributed by atoms with Crippen LogP contribution in [-0.2, 0) is 13.0 Å². The maximum Gasteiger partial charge on any atom is 0.0827 e. The number of hydrogen-bond acceptors (Lipinski definition) is 3. The van der Waals surface area contributed by atoms with Crippen molar-refractivity contribution in [3.05, 3.63) is 46.2 Å². The summed E-state index contributed by atoms with van der Waals surface area (Å²) >= 11 is 3.43. The highest BCUT2D eigenvalue weighted by molar-refractivity contribution is 9.10. The van der Waals surface area contributed by atoms with Crippen LogP contribution in [0, 0.1) is 0 Å². The Labute approximate surface area is 115 Å². The molecular weight excluding hydrogens is 292 g/mol. The topological polar surface area (TPSA) is 56.7 Å². The molecule has 0 atom stereocenters. The summed E-state index contributed by atoms with van der Waals surface area (Å²) in [5.74, 6) is 0. The summed E-state index contributed by atoms with van der Waals surface area (Å²) in [6.07, 6.45) is 5.09. The van der Waals surface area contributed by atoms with E-state index in [9.17, 15) is 0 Å². The van der Waals surface area contributed by atoms with Crippen LogP contribution >= 0.6 is 15.9 Å². The van der Waals surface area contributed by atoms with Gasteiger partial charge in [-0.15, -0.1) is 5.10 Å². The average molecular weight is 309 g/mol. The van der Waals surface area contributed by atoms with Crippen LogP contribution in [0.2, 0.25) is 0 Å². The quantitative estimate of drug-likeness (QED) is 0.834. The molecule has 2 aromatic rings. The summed E-state index contributed by atoms with van der Waals surface area (Å²) in [5.41, 5.74) is 7.73. The van der Waals surface area contributed by atoms with E-state index in [1.807, 2.05) is 23.0 Å². The second kappa shape index (κ2) is 6.66. The van der Waals surface area contributed by atoms with Crippen molar-refractivity contribution in [3.63, 3.8) is 0 Å². The summed E-state index contributed by atoms with van der Waals surface area (Å²) in [6, 6.07) is 8.24. The highest BCUT2D eigenvalue weighted by Crippen LogP contribution is 2.11. The maximum absolute atomic E-state index is 5.47. The van der Waals surface area contributed by atoms with Gasteiger partial charge in [-0.05, 0) is 43.5 Å². The van der Waals surface area contributed by atoms with E-state index in [1.165, 1.54) is 5.56 Å². The Morgan fingerprint density at radius 2 is 1.94 bits per heavy atom. The second-order valence-corrected chi connectivity index (χ2v) is 5.20. The third kappa shape index (κ3) is 3.92. The van der Waals surface area contributed by atoms with Crippen LogP contribution < -0.4 is 5.73 Å². The van der Waals surface area contributed by atoms with Gasteiger partial charge in [0.2, 0.25) is 0 Å². The standard InChI is InChI=1S/C13H17BrN4/c14-12-6-4-11(5-7-12)9-18-10-13(16-17-18)3-1-2-8-15/h4-7,10H,1-3,8-9,15H2. The Hall–Kier alpha value is -1.20. The molecule has 0 saturated heterocycles. The lowest BCUT2D eigenvalue weighted by Gasteiger charge is -2.00. The fraction of sp³-hybridized carbons (Fsp3) is 0.385. The van der Waals surface area contributed by atoms with Crippen molar-refractivity contribution < 1.29 is 0 Å². The van der Waals surface area contributed by atoms with E-state index in [0.29, 0.717) is 0 Å². The minimum absolute atomic E-state index is 0.743. The molecule has 2 rings (SSSR count). The van der Waals surface area contributed by atoms with Crippen molar-refractivity contribution in [2.24, 2.45) is 5.73 Å². The van der Waals surface area contributed by atoms with E-state index in [-0.39, 0.29) is 0 Å². The van der Waals surface area contributed by atoms with Gasteiger partial charge in [-0.25, -0.2) is 4.68 Å². The minimum atomic E-state index is 0.743. The number of nitrogens with zero attached hydrogens (tertiary/aromatic N) is 3. The number of unbranched alkanes of at least 4 members (excludes halogenated alkanes) is 1. The van der Waals surface area contributed by atoms with E-state index >= 15 is 0 Å². The SMILES string of the molecule is NCCCCc1cn(Cc2ccc(Br)cc2)nn1. The first-order valence-electron chi connectivity index (χ1n) is 6.11. The Balaban J connectivity index is 1.91. The monoisotopic (exact) mass is 308 g/mol. The van der Waals surface area contributed by atoms with E-state index in [4.69, 9.17) is 5.73 Å². The van der Waals surface area contributed by atoms with Gasteiger partial charge in [0.1, 0.15) is 0 Å². The normalized spacial score (nSPS) is 10.8. The molecule has 0 unspecified atom stereocenters. The Morgan fingerprint density at radius 3 is 2.67 bits per heavy atom. The van der Waals surface area contributed by atoms with Crippen LogP contribution in [0.1, 0.15) is 24.1 Å². The molecule has 2 N–H and O–H groups in total. The number of nitrogens with two attached hydrogens (primary N) is 1. The van der Waals surface area contributed by atoms with Gasteiger partial charge in [0.25, 0.3) is 0 Å². The summed E-state index contributed by atoms with van der Waals surface area (Å²) in [7, 11) is 0. The van der Waals surface area contributed by atoms with Crippen molar-refractivity contribution in [2.75, 3.05) is 6.54 Å². The van der Waals surface area contributed by atoms with Crippen LogP contribution in [0.4, 0.5) is 0 Å². The smallest absolute Gasteiger partial charge is 0.0827 e. The summed E-state index contributed by atoms with van der Waals surface area (Å²) in [6.45, 7) is 1.50. The van der Waals surface area contributed by atoms with Gasteiger partial charge in [-0.3, -0.25) is 0 Å². The van der Waals surface area contributed by atoms with Gasteiger partial charge in [-0.1, -0.05) is 33.3 Å². The number of aromatic nitrogens is 3. The van der Waals surface area contributed by atoms with Gasteiger partial charge >= 0.3 is 0 Å². The molecule has 0 bridgehead atoms. The molecule has 5 heteroatoms. The lowest BCUT2D eigenvalue weighted by Crippen LogP contribution is -2.00. The molecule has 1 heterocycles. The molecule has 4 nitrogen and oxygen atoms in total. The van der Waals surface area contributed by atoms with Crippen molar-refractivity contribution in [1.29, 1.82) is 0 Å². The average Bonchev–Trinajstić information content (AvgIpc) is 2.80. The number of halogens is 1. The third-order valence-corrected chi connectivity index (χ3v) is 3.26. The molecule has 1 aromatic heterocycles. The molecule has 1 aromatic carbocycles. The van der Waals surface area contributed by atoms with E-state index in [0.717, 1.165) is 42.5 Å². The number of aryl methyl sites for hydroxylation is 1. The van der Waals surface area contributed by atoms with Crippen LogP contribution in [0.5, 0.6) is 0 Å². The minimum Gasteiger partial charge on any atom is -0.330 e. The third-order valence-electron chi connectivity index (χ3n) is 2.73. The molecule has 96 valence electrons. The van der Waals surface area contributed by atoms with Crippen LogP contribution in [0.15, 0.2) is 34.9 Å². The number of rotatable bonds is 6. The molecule has 0 saturated carbocycles. The first-order chi connectivity index (χ1) is 8.78. The number of benzene rings is 1. The Bertz CT molecular complexity index is 478. The van der Waals surface area contributed by atoms with Gasteiger partial charge in [-0.2, -0.15) is 0 Å². The van der Waals surface area contributed by atoms with E-state index < -0.39 is 0 Å². The fourth-order valence-corrected chi connectivity index (χ4v) is 2.02. The van der Waals surface area contributed by atoms with Crippen molar-refractivity contribution >= 4 is 15.9 Å². The van der Waals surface area contributed by atoms with E-state index in [1.54, 1.807) is 0 Å². The lowest BCUT2D eigenvalue weighted by atomic mass is 10.2. The highest BCUT2D eigenvalue weighted by atomic mass is 79.9. The zero-order valence-corrected chi connectivity index (χ0v) is 11.8. The molecule has 18 heavy (non-hydrogen) atoms. The van der Waals surface area contributed by atoms with Crippen LogP contribution in [0.3, 0.4) is 0 Å². The highest BCUT2D eigenvalue weighted by Gasteiger charge is 2.01. The summed E-state index contributed by atoms with van der Waals surface area (Å²) in [4.78, 5) is 0. The Morgan fingerprint density at radius 1 is 1.17 bits per heavy atom. The van der Waals surface area contributed by atoms with Crippen LogP contribution in [0.25, 0.3) is 0 Å². The predicted molar refractivity (Wildman–Crippen MR) is 75.3 cm³/mol. The van der Waals surface area contributed by atoms with Gasteiger partial charge in [0.15, 0.2) is 0 Å². The molecule has 0 radical (unpaired) electrons. The molecule has 0 amide bonds.